The molecule has 0 aliphatic carbocycles. The molecule has 1 aromatic heterocycles. The van der Waals surface area contributed by atoms with E-state index < -0.39 is 0 Å². The van der Waals surface area contributed by atoms with Crippen molar-refractivity contribution in [1.29, 1.82) is 0 Å². The van der Waals surface area contributed by atoms with Crippen LogP contribution in [0.5, 0.6) is 0 Å². The Balaban J connectivity index is 2.37. The molecule has 1 heterocycles. The van der Waals surface area contributed by atoms with Crippen molar-refractivity contribution < 1.29 is 0 Å². The van der Waals surface area contributed by atoms with Crippen molar-refractivity contribution in [1.82, 2.24) is 9.97 Å². The summed E-state index contributed by atoms with van der Waals surface area (Å²) >= 11 is 9.10. The van der Waals surface area contributed by atoms with Crippen LogP contribution in [0.4, 0.5) is 17.5 Å². The topological polar surface area (TPSA) is 63.8 Å². The molecular weight excluding hydrogens is 463 g/mol. The number of anilines is 3. The normalized spacial score (nSPS) is 10.3. The zero-order valence-corrected chi connectivity index (χ0v) is 13.7. The molecule has 0 bridgehead atoms. The summed E-state index contributed by atoms with van der Waals surface area (Å²) in [5.74, 6) is 0.873. The summed E-state index contributed by atoms with van der Waals surface area (Å²) in [6.07, 6.45) is 1.62. The largest absolute Gasteiger partial charge is 0.368 e. The Labute approximate surface area is 129 Å². The van der Waals surface area contributed by atoms with Gasteiger partial charge in [-0.05, 0) is 72.6 Å². The second-order valence-electron chi connectivity index (χ2n) is 3.17. The molecule has 0 fully saturated rings. The van der Waals surface area contributed by atoms with Gasteiger partial charge in [0.05, 0.1) is 10.2 Å². The van der Waals surface area contributed by atoms with Gasteiger partial charge in [0.2, 0.25) is 5.95 Å². The van der Waals surface area contributed by atoms with Gasteiger partial charge in [0.15, 0.2) is 0 Å². The number of halogens is 3. The van der Waals surface area contributed by atoms with Crippen molar-refractivity contribution in [3.05, 3.63) is 36.9 Å². The average molecular weight is 470 g/mol. The van der Waals surface area contributed by atoms with Gasteiger partial charge in [-0.1, -0.05) is 0 Å². The van der Waals surface area contributed by atoms with E-state index in [1.54, 1.807) is 6.20 Å². The standard InChI is InChI=1S/C10H7Br2IN4/c11-6-2-1-5(13)3-8(6)16-9-7(12)4-15-10(14)17-9/h1-4H,(H3,14,15,16,17). The third kappa shape index (κ3) is 3.29. The van der Waals surface area contributed by atoms with Crippen LogP contribution in [-0.4, -0.2) is 9.97 Å². The highest BCUT2D eigenvalue weighted by atomic mass is 127. The van der Waals surface area contributed by atoms with Crippen LogP contribution in [-0.2, 0) is 0 Å². The van der Waals surface area contributed by atoms with Gasteiger partial charge in [-0.15, -0.1) is 0 Å². The van der Waals surface area contributed by atoms with E-state index in [9.17, 15) is 0 Å². The Morgan fingerprint density at radius 1 is 1.24 bits per heavy atom. The lowest BCUT2D eigenvalue weighted by Gasteiger charge is -2.10. The minimum absolute atomic E-state index is 0.234. The van der Waals surface area contributed by atoms with E-state index >= 15 is 0 Å². The maximum atomic E-state index is 5.55. The molecular formula is C10H7Br2IN4. The van der Waals surface area contributed by atoms with Crippen molar-refractivity contribution in [2.75, 3.05) is 11.1 Å². The molecule has 0 saturated heterocycles. The second-order valence-corrected chi connectivity index (χ2v) is 6.13. The van der Waals surface area contributed by atoms with E-state index in [0.29, 0.717) is 5.82 Å². The molecule has 7 heteroatoms. The van der Waals surface area contributed by atoms with Gasteiger partial charge >= 0.3 is 0 Å². The van der Waals surface area contributed by atoms with E-state index in [2.05, 4.69) is 69.7 Å². The molecule has 0 unspecified atom stereocenters. The molecule has 2 rings (SSSR count). The summed E-state index contributed by atoms with van der Waals surface area (Å²) in [6.45, 7) is 0. The number of nitrogens with zero attached hydrogens (tertiary/aromatic N) is 2. The van der Waals surface area contributed by atoms with Crippen molar-refractivity contribution >= 4 is 71.9 Å². The van der Waals surface area contributed by atoms with Gasteiger partial charge in [0.1, 0.15) is 5.82 Å². The molecule has 0 radical (unpaired) electrons. The maximum Gasteiger partial charge on any atom is 0.222 e. The SMILES string of the molecule is Nc1ncc(Br)c(Nc2cc(I)ccc2Br)n1. The van der Waals surface area contributed by atoms with Gasteiger partial charge in [0.25, 0.3) is 0 Å². The smallest absolute Gasteiger partial charge is 0.222 e. The fourth-order valence-electron chi connectivity index (χ4n) is 1.19. The first-order valence-electron chi connectivity index (χ1n) is 4.56. The molecule has 88 valence electrons. The van der Waals surface area contributed by atoms with Crippen LogP contribution in [0.25, 0.3) is 0 Å². The van der Waals surface area contributed by atoms with E-state index in [1.165, 1.54) is 0 Å². The van der Waals surface area contributed by atoms with Crippen LogP contribution in [0.15, 0.2) is 33.3 Å². The van der Waals surface area contributed by atoms with Gasteiger partial charge in [-0.25, -0.2) is 4.98 Å². The number of nitrogens with two attached hydrogens (primary N) is 1. The molecule has 0 aliphatic rings. The molecule has 2 aromatic rings. The van der Waals surface area contributed by atoms with Crippen LogP contribution < -0.4 is 11.1 Å². The van der Waals surface area contributed by atoms with Gasteiger partial charge < -0.3 is 11.1 Å². The summed E-state index contributed by atoms with van der Waals surface area (Å²) in [4.78, 5) is 8.01. The first-order valence-corrected chi connectivity index (χ1v) is 7.23. The molecule has 0 aliphatic heterocycles. The van der Waals surface area contributed by atoms with Gasteiger partial charge in [-0.2, -0.15) is 4.98 Å². The van der Waals surface area contributed by atoms with E-state index in [-0.39, 0.29) is 5.95 Å². The molecule has 0 spiro atoms. The zero-order valence-electron chi connectivity index (χ0n) is 8.42. The number of hydrogen-bond donors (Lipinski definition) is 2. The Bertz CT molecular complexity index is 512. The number of hydrogen-bond acceptors (Lipinski definition) is 4. The molecule has 4 nitrogen and oxygen atoms in total. The van der Waals surface area contributed by atoms with Gasteiger partial charge in [-0.3, -0.25) is 0 Å². The summed E-state index contributed by atoms with van der Waals surface area (Å²) in [5.41, 5.74) is 6.48. The number of aromatic nitrogens is 2. The van der Waals surface area contributed by atoms with Crippen LogP contribution in [0.2, 0.25) is 0 Å². The van der Waals surface area contributed by atoms with Crippen molar-refractivity contribution in [2.45, 2.75) is 0 Å². The summed E-state index contributed by atoms with van der Waals surface area (Å²) in [6, 6.07) is 6.00. The molecule has 17 heavy (non-hydrogen) atoms. The lowest BCUT2D eigenvalue weighted by molar-refractivity contribution is 1.17. The summed E-state index contributed by atoms with van der Waals surface area (Å²) in [5, 5.41) is 3.19. The van der Waals surface area contributed by atoms with E-state index in [1.807, 2.05) is 18.2 Å². The first-order chi connectivity index (χ1) is 8.06. The van der Waals surface area contributed by atoms with Crippen LogP contribution >= 0.6 is 54.5 Å². The number of benzene rings is 1. The average Bonchev–Trinajstić information content (AvgIpc) is 2.28. The monoisotopic (exact) mass is 468 g/mol. The maximum absolute atomic E-state index is 5.55. The number of nitrogens with one attached hydrogen (secondary N) is 1. The lowest BCUT2D eigenvalue weighted by Crippen LogP contribution is -2.01. The predicted octanol–water partition coefficient (Wildman–Crippen LogP) is 3.93. The third-order valence-corrected chi connectivity index (χ3v) is 3.89. The fraction of sp³-hybridized carbons (Fsp3) is 0. The van der Waals surface area contributed by atoms with Crippen LogP contribution in [0.3, 0.4) is 0 Å². The highest BCUT2D eigenvalue weighted by Gasteiger charge is 2.06. The number of nitrogen functional groups attached to an aromatic ring is 1. The Morgan fingerprint density at radius 3 is 2.76 bits per heavy atom. The summed E-state index contributed by atoms with van der Waals surface area (Å²) < 4.78 is 2.85. The van der Waals surface area contributed by atoms with Crippen molar-refractivity contribution in [3.63, 3.8) is 0 Å². The molecule has 0 saturated carbocycles. The van der Waals surface area contributed by atoms with Crippen molar-refractivity contribution in [2.24, 2.45) is 0 Å². The highest BCUT2D eigenvalue weighted by Crippen LogP contribution is 2.29. The van der Waals surface area contributed by atoms with Crippen LogP contribution in [0, 0.1) is 3.57 Å². The fourth-order valence-corrected chi connectivity index (χ4v) is 2.32. The Hall–Kier alpha value is -0.410. The van der Waals surface area contributed by atoms with E-state index in [0.717, 1.165) is 18.2 Å². The second kappa shape index (κ2) is 5.49. The molecule has 0 amide bonds. The first kappa shape index (κ1) is 13.0. The quantitative estimate of drug-likeness (QED) is 0.654. The van der Waals surface area contributed by atoms with Gasteiger partial charge in [0, 0.05) is 14.2 Å². The van der Waals surface area contributed by atoms with Crippen LogP contribution in [0.1, 0.15) is 0 Å². The predicted molar refractivity (Wildman–Crippen MR) is 84.3 cm³/mol. The highest BCUT2D eigenvalue weighted by molar-refractivity contribution is 14.1. The van der Waals surface area contributed by atoms with Crippen molar-refractivity contribution in [3.8, 4) is 0 Å². The Morgan fingerprint density at radius 2 is 2.00 bits per heavy atom. The molecule has 3 N–H and O–H groups in total. The zero-order chi connectivity index (χ0) is 12.4. The molecule has 1 aromatic carbocycles. The number of rotatable bonds is 2. The van der Waals surface area contributed by atoms with E-state index in [4.69, 9.17) is 5.73 Å². The minimum Gasteiger partial charge on any atom is -0.368 e. The molecule has 0 atom stereocenters. The lowest BCUT2D eigenvalue weighted by atomic mass is 10.3. The minimum atomic E-state index is 0.234. The third-order valence-electron chi connectivity index (χ3n) is 1.94. The summed E-state index contributed by atoms with van der Waals surface area (Å²) in [7, 11) is 0. The Kier molecular flexibility index (Phi) is 4.21.